The summed E-state index contributed by atoms with van der Waals surface area (Å²) in [5, 5.41) is 2.59. The lowest BCUT2D eigenvalue weighted by molar-refractivity contribution is -0.152. The second-order valence-corrected chi connectivity index (χ2v) is 5.75. The largest absolute Gasteiger partial charge is 0.464 e. The van der Waals surface area contributed by atoms with E-state index in [2.05, 4.69) is 4.98 Å². The number of carbonyl (C=O) groups excluding carboxylic acids is 2. The third-order valence-electron chi connectivity index (χ3n) is 3.17. The van der Waals surface area contributed by atoms with Crippen LogP contribution in [-0.2, 0) is 26.6 Å². The van der Waals surface area contributed by atoms with E-state index in [1.54, 1.807) is 11.8 Å². The van der Waals surface area contributed by atoms with E-state index in [-0.39, 0.29) is 18.3 Å². The summed E-state index contributed by atoms with van der Waals surface area (Å²) in [5.41, 5.74) is 0.780. The molecule has 1 aromatic rings. The van der Waals surface area contributed by atoms with E-state index >= 15 is 0 Å². The van der Waals surface area contributed by atoms with Crippen LogP contribution in [0.4, 0.5) is 0 Å². The quantitative estimate of drug-likeness (QED) is 0.615. The van der Waals surface area contributed by atoms with Gasteiger partial charge in [0.1, 0.15) is 11.0 Å². The zero-order chi connectivity index (χ0) is 14.5. The topological polar surface area (TPSA) is 59.5 Å². The monoisotopic (exact) mass is 316 g/mol. The number of rotatable bonds is 5. The summed E-state index contributed by atoms with van der Waals surface area (Å²) in [4.78, 5) is 30.0. The van der Waals surface area contributed by atoms with Gasteiger partial charge in [0, 0.05) is 11.9 Å². The van der Waals surface area contributed by atoms with E-state index in [4.69, 9.17) is 16.3 Å². The second-order valence-electron chi connectivity index (χ2n) is 4.54. The average molecular weight is 317 g/mol. The third-order valence-corrected chi connectivity index (χ3v) is 4.34. The molecule has 0 bridgehead atoms. The van der Waals surface area contributed by atoms with Crippen molar-refractivity contribution in [3.05, 3.63) is 16.1 Å². The fourth-order valence-corrected chi connectivity index (χ4v) is 3.28. The Labute approximate surface area is 126 Å². The Bertz CT molecular complexity index is 492. The Morgan fingerprint density at radius 3 is 3.05 bits per heavy atom. The van der Waals surface area contributed by atoms with E-state index in [1.165, 1.54) is 11.3 Å². The molecule has 2 rings (SSSR count). The molecule has 1 amide bonds. The molecule has 110 valence electrons. The molecule has 20 heavy (non-hydrogen) atoms. The summed E-state index contributed by atoms with van der Waals surface area (Å²) < 4.78 is 5.01. The van der Waals surface area contributed by atoms with Crippen LogP contribution in [0.1, 0.15) is 30.5 Å². The first-order valence-corrected chi connectivity index (χ1v) is 8.02. The molecular weight excluding hydrogens is 300 g/mol. The molecule has 0 aliphatic carbocycles. The Kier molecular flexibility index (Phi) is 5.37. The molecule has 1 saturated heterocycles. The van der Waals surface area contributed by atoms with Crippen molar-refractivity contribution in [1.29, 1.82) is 0 Å². The molecule has 1 unspecified atom stereocenters. The molecule has 1 atom stereocenters. The second kappa shape index (κ2) is 7.04. The SMILES string of the molecule is CCOC(=O)C1CCCN1C(=O)Cc1nc(CCl)cs1. The predicted octanol–water partition coefficient (Wildman–Crippen LogP) is 1.98. The molecule has 1 aliphatic heterocycles. The van der Waals surface area contributed by atoms with Crippen LogP contribution in [0.3, 0.4) is 0 Å². The minimum absolute atomic E-state index is 0.0731. The van der Waals surface area contributed by atoms with E-state index in [0.717, 1.165) is 17.1 Å². The summed E-state index contributed by atoms with van der Waals surface area (Å²) in [6, 6.07) is -0.435. The van der Waals surface area contributed by atoms with Crippen molar-refractivity contribution in [2.45, 2.75) is 38.1 Å². The number of aromatic nitrogens is 1. The Hall–Kier alpha value is -1.14. The third kappa shape index (κ3) is 3.49. The zero-order valence-electron chi connectivity index (χ0n) is 11.3. The van der Waals surface area contributed by atoms with Gasteiger partial charge in [-0.15, -0.1) is 22.9 Å². The number of hydrogen-bond acceptors (Lipinski definition) is 5. The number of amides is 1. The molecular formula is C13H17ClN2O3S. The van der Waals surface area contributed by atoms with E-state index in [9.17, 15) is 9.59 Å². The first-order valence-electron chi connectivity index (χ1n) is 6.61. The Morgan fingerprint density at radius 1 is 1.60 bits per heavy atom. The van der Waals surface area contributed by atoms with Crippen LogP contribution in [0.5, 0.6) is 0 Å². The smallest absolute Gasteiger partial charge is 0.328 e. The summed E-state index contributed by atoms with van der Waals surface area (Å²) >= 11 is 7.11. The molecule has 7 heteroatoms. The minimum atomic E-state index is -0.435. The van der Waals surface area contributed by atoms with Crippen molar-refractivity contribution in [3.8, 4) is 0 Å². The summed E-state index contributed by atoms with van der Waals surface area (Å²) in [5.74, 6) is -0.0326. The van der Waals surface area contributed by atoms with Crippen molar-refractivity contribution in [2.24, 2.45) is 0 Å². The maximum Gasteiger partial charge on any atom is 0.328 e. The number of halogens is 1. The fraction of sp³-hybridized carbons (Fsp3) is 0.615. The average Bonchev–Trinajstić information content (AvgIpc) is 3.07. The maximum absolute atomic E-state index is 12.3. The van der Waals surface area contributed by atoms with E-state index in [1.807, 2.05) is 5.38 Å². The molecule has 0 N–H and O–H groups in total. The van der Waals surface area contributed by atoms with Gasteiger partial charge in [0.15, 0.2) is 0 Å². The van der Waals surface area contributed by atoms with Gasteiger partial charge in [-0.2, -0.15) is 0 Å². The van der Waals surface area contributed by atoms with E-state index in [0.29, 0.717) is 25.5 Å². The number of alkyl halides is 1. The van der Waals surface area contributed by atoms with Crippen molar-refractivity contribution < 1.29 is 14.3 Å². The zero-order valence-corrected chi connectivity index (χ0v) is 12.9. The van der Waals surface area contributed by atoms with Gasteiger partial charge in [-0.25, -0.2) is 9.78 Å². The molecule has 0 saturated carbocycles. The number of likely N-dealkylation sites (tertiary alicyclic amines) is 1. The van der Waals surface area contributed by atoms with Gasteiger partial charge in [-0.1, -0.05) is 0 Å². The van der Waals surface area contributed by atoms with Gasteiger partial charge in [-0.05, 0) is 19.8 Å². The van der Waals surface area contributed by atoms with Crippen LogP contribution >= 0.6 is 22.9 Å². The van der Waals surface area contributed by atoms with Crippen LogP contribution in [0.2, 0.25) is 0 Å². The summed E-state index contributed by atoms with van der Waals surface area (Å²) in [7, 11) is 0. The highest BCUT2D eigenvalue weighted by atomic mass is 35.5. The highest BCUT2D eigenvalue weighted by Gasteiger charge is 2.35. The highest BCUT2D eigenvalue weighted by Crippen LogP contribution is 2.21. The summed E-state index contributed by atoms with van der Waals surface area (Å²) in [6.07, 6.45) is 1.73. The molecule has 1 aliphatic rings. The van der Waals surface area contributed by atoms with Gasteiger partial charge in [-0.3, -0.25) is 4.79 Å². The molecule has 0 radical (unpaired) electrons. The lowest BCUT2D eigenvalue weighted by Crippen LogP contribution is -2.42. The van der Waals surface area contributed by atoms with Gasteiger partial charge < -0.3 is 9.64 Å². The van der Waals surface area contributed by atoms with Gasteiger partial charge >= 0.3 is 5.97 Å². The summed E-state index contributed by atoms with van der Waals surface area (Å²) in [6.45, 7) is 2.71. The number of nitrogens with zero attached hydrogens (tertiary/aromatic N) is 2. The van der Waals surface area contributed by atoms with Crippen molar-refractivity contribution in [1.82, 2.24) is 9.88 Å². The molecule has 5 nitrogen and oxygen atoms in total. The van der Waals surface area contributed by atoms with Crippen LogP contribution in [0.15, 0.2) is 5.38 Å². The van der Waals surface area contributed by atoms with Crippen molar-refractivity contribution >= 4 is 34.8 Å². The standard InChI is InChI=1S/C13H17ClN2O3S/c1-2-19-13(18)10-4-3-5-16(10)12(17)6-11-15-9(7-14)8-20-11/h8,10H,2-7H2,1H3. The molecule has 0 aromatic carbocycles. The van der Waals surface area contributed by atoms with Gasteiger partial charge in [0.2, 0.25) is 5.91 Å². The molecule has 1 fully saturated rings. The van der Waals surface area contributed by atoms with Crippen LogP contribution < -0.4 is 0 Å². The lowest BCUT2D eigenvalue weighted by atomic mass is 10.2. The molecule has 1 aromatic heterocycles. The molecule has 0 spiro atoms. The Morgan fingerprint density at radius 2 is 2.40 bits per heavy atom. The first-order chi connectivity index (χ1) is 9.65. The number of thiazole rings is 1. The molecule has 2 heterocycles. The highest BCUT2D eigenvalue weighted by molar-refractivity contribution is 7.09. The van der Waals surface area contributed by atoms with Crippen LogP contribution in [0.25, 0.3) is 0 Å². The van der Waals surface area contributed by atoms with Crippen molar-refractivity contribution in [2.75, 3.05) is 13.2 Å². The van der Waals surface area contributed by atoms with Crippen molar-refractivity contribution in [3.63, 3.8) is 0 Å². The number of esters is 1. The minimum Gasteiger partial charge on any atom is -0.464 e. The fourth-order valence-electron chi connectivity index (χ4n) is 2.27. The van der Waals surface area contributed by atoms with E-state index < -0.39 is 6.04 Å². The van der Waals surface area contributed by atoms with Gasteiger partial charge in [0.25, 0.3) is 0 Å². The van der Waals surface area contributed by atoms with Gasteiger partial charge in [0.05, 0.1) is 24.6 Å². The maximum atomic E-state index is 12.3. The lowest BCUT2D eigenvalue weighted by Gasteiger charge is -2.22. The number of carbonyl (C=O) groups is 2. The van der Waals surface area contributed by atoms with Crippen LogP contribution in [-0.4, -0.2) is 41.0 Å². The first kappa shape index (κ1) is 15.3. The number of ether oxygens (including phenoxy) is 1. The number of hydrogen-bond donors (Lipinski definition) is 0. The predicted molar refractivity (Wildman–Crippen MR) is 76.7 cm³/mol. The van der Waals surface area contributed by atoms with Crippen LogP contribution in [0, 0.1) is 0 Å². The Balaban J connectivity index is 1.98. The normalized spacial score (nSPS) is 18.3.